The molecule has 0 bridgehead atoms. The van der Waals surface area contributed by atoms with Crippen LogP contribution < -0.4 is 0 Å². The van der Waals surface area contributed by atoms with Crippen LogP contribution in [-0.2, 0) is 0 Å². The standard InChI is InChI=1S/C11H14FNO2/c1-13(2)6-5-11(15)9-7-8(12)3-4-10(9)14/h3-4,7,14H,5-6H2,1-2H3. The lowest BCUT2D eigenvalue weighted by molar-refractivity contribution is 0.0969. The fourth-order valence-corrected chi connectivity index (χ4v) is 1.19. The molecule has 0 amide bonds. The molecule has 0 atom stereocenters. The van der Waals surface area contributed by atoms with Gasteiger partial charge in [-0.3, -0.25) is 4.79 Å². The van der Waals surface area contributed by atoms with Gasteiger partial charge >= 0.3 is 0 Å². The van der Waals surface area contributed by atoms with Crippen molar-refractivity contribution in [2.45, 2.75) is 6.42 Å². The molecule has 1 rings (SSSR count). The molecule has 0 fully saturated rings. The summed E-state index contributed by atoms with van der Waals surface area (Å²) in [6.07, 6.45) is 0.268. The van der Waals surface area contributed by atoms with E-state index in [0.29, 0.717) is 6.54 Å². The Morgan fingerprint density at radius 3 is 2.73 bits per heavy atom. The molecule has 0 spiro atoms. The number of halogens is 1. The van der Waals surface area contributed by atoms with Crippen molar-refractivity contribution in [3.05, 3.63) is 29.6 Å². The minimum Gasteiger partial charge on any atom is -0.507 e. The number of hydrogen-bond donors (Lipinski definition) is 1. The fraction of sp³-hybridized carbons (Fsp3) is 0.364. The minimum atomic E-state index is -0.513. The maximum Gasteiger partial charge on any atom is 0.167 e. The molecule has 0 saturated carbocycles. The quantitative estimate of drug-likeness (QED) is 0.770. The van der Waals surface area contributed by atoms with Gasteiger partial charge in [-0.1, -0.05) is 0 Å². The first-order chi connectivity index (χ1) is 7.00. The molecule has 1 aromatic carbocycles. The lowest BCUT2D eigenvalue weighted by Crippen LogP contribution is -2.16. The Kier molecular flexibility index (Phi) is 3.80. The zero-order valence-electron chi connectivity index (χ0n) is 8.83. The van der Waals surface area contributed by atoms with Crippen molar-refractivity contribution in [2.24, 2.45) is 0 Å². The molecule has 0 unspecified atom stereocenters. The van der Waals surface area contributed by atoms with Crippen LogP contribution >= 0.6 is 0 Å². The van der Waals surface area contributed by atoms with Gasteiger partial charge in [0.15, 0.2) is 5.78 Å². The van der Waals surface area contributed by atoms with Crippen molar-refractivity contribution in [3.8, 4) is 5.75 Å². The number of ketones is 1. The van der Waals surface area contributed by atoms with E-state index in [-0.39, 0.29) is 23.5 Å². The Morgan fingerprint density at radius 1 is 1.47 bits per heavy atom. The van der Waals surface area contributed by atoms with E-state index in [9.17, 15) is 14.3 Å². The minimum absolute atomic E-state index is 0.0526. The fourth-order valence-electron chi connectivity index (χ4n) is 1.19. The Bertz CT molecular complexity index is 364. The second-order valence-corrected chi connectivity index (χ2v) is 3.64. The first kappa shape index (κ1) is 11.7. The summed E-state index contributed by atoms with van der Waals surface area (Å²) in [6.45, 7) is 0.578. The number of hydrogen-bond acceptors (Lipinski definition) is 3. The van der Waals surface area contributed by atoms with Crippen molar-refractivity contribution >= 4 is 5.78 Å². The topological polar surface area (TPSA) is 40.5 Å². The molecular formula is C11H14FNO2. The second kappa shape index (κ2) is 4.89. The molecule has 0 aliphatic carbocycles. The molecule has 82 valence electrons. The third-order valence-electron chi connectivity index (χ3n) is 2.05. The van der Waals surface area contributed by atoms with Gasteiger partial charge in [0.1, 0.15) is 11.6 Å². The SMILES string of the molecule is CN(C)CCC(=O)c1cc(F)ccc1O. The van der Waals surface area contributed by atoms with E-state index in [2.05, 4.69) is 0 Å². The highest BCUT2D eigenvalue weighted by Gasteiger charge is 2.12. The Labute approximate surface area is 88.1 Å². The summed E-state index contributed by atoms with van der Waals surface area (Å²) in [5.41, 5.74) is 0.0526. The normalized spacial score (nSPS) is 10.7. The monoisotopic (exact) mass is 211 g/mol. The second-order valence-electron chi connectivity index (χ2n) is 3.64. The molecule has 0 aromatic heterocycles. The number of nitrogens with zero attached hydrogens (tertiary/aromatic N) is 1. The van der Waals surface area contributed by atoms with Gasteiger partial charge in [0.05, 0.1) is 5.56 Å². The summed E-state index contributed by atoms with van der Waals surface area (Å²) in [4.78, 5) is 13.4. The summed E-state index contributed by atoms with van der Waals surface area (Å²) < 4.78 is 12.8. The van der Waals surface area contributed by atoms with Crippen molar-refractivity contribution in [2.75, 3.05) is 20.6 Å². The first-order valence-electron chi connectivity index (χ1n) is 4.67. The number of carbonyl (C=O) groups is 1. The van der Waals surface area contributed by atoms with Gasteiger partial charge < -0.3 is 10.0 Å². The average Bonchev–Trinajstić information content (AvgIpc) is 2.18. The lowest BCUT2D eigenvalue weighted by Gasteiger charge is -2.09. The lowest BCUT2D eigenvalue weighted by atomic mass is 10.1. The number of phenols is 1. The third kappa shape index (κ3) is 3.32. The molecule has 1 N–H and O–H groups in total. The molecular weight excluding hydrogens is 197 g/mol. The molecule has 0 saturated heterocycles. The van der Waals surface area contributed by atoms with Crippen LogP contribution in [0.5, 0.6) is 5.75 Å². The molecule has 3 nitrogen and oxygen atoms in total. The largest absolute Gasteiger partial charge is 0.507 e. The highest BCUT2D eigenvalue weighted by atomic mass is 19.1. The van der Waals surface area contributed by atoms with Crippen molar-refractivity contribution in [1.29, 1.82) is 0 Å². The summed E-state index contributed by atoms with van der Waals surface area (Å²) in [6, 6.07) is 3.38. The maximum absolute atomic E-state index is 12.8. The summed E-state index contributed by atoms with van der Waals surface area (Å²) in [5, 5.41) is 9.37. The number of phenolic OH excluding ortho intramolecular Hbond substituents is 1. The van der Waals surface area contributed by atoms with E-state index in [4.69, 9.17) is 0 Å². The van der Waals surface area contributed by atoms with Gasteiger partial charge in [0, 0.05) is 13.0 Å². The van der Waals surface area contributed by atoms with Crippen LogP contribution in [-0.4, -0.2) is 36.4 Å². The van der Waals surface area contributed by atoms with Gasteiger partial charge in [-0.15, -0.1) is 0 Å². The van der Waals surface area contributed by atoms with Crippen molar-refractivity contribution in [3.63, 3.8) is 0 Å². The predicted octanol–water partition coefficient (Wildman–Crippen LogP) is 1.67. The van der Waals surface area contributed by atoms with Gasteiger partial charge in [0.2, 0.25) is 0 Å². The maximum atomic E-state index is 12.8. The zero-order valence-corrected chi connectivity index (χ0v) is 8.83. The molecule has 0 heterocycles. The van der Waals surface area contributed by atoms with Crippen LogP contribution in [0.1, 0.15) is 16.8 Å². The Balaban J connectivity index is 2.77. The highest BCUT2D eigenvalue weighted by molar-refractivity contribution is 5.98. The van der Waals surface area contributed by atoms with Gasteiger partial charge in [-0.2, -0.15) is 0 Å². The first-order valence-corrected chi connectivity index (χ1v) is 4.67. The number of Topliss-reactive ketones (excluding diaryl/α,β-unsaturated/α-hetero) is 1. The van der Waals surface area contributed by atoms with E-state index in [0.717, 1.165) is 12.1 Å². The molecule has 0 aliphatic rings. The molecule has 1 aromatic rings. The summed E-state index contributed by atoms with van der Waals surface area (Å²) in [7, 11) is 3.69. The Hall–Kier alpha value is -1.42. The average molecular weight is 211 g/mol. The smallest absolute Gasteiger partial charge is 0.167 e. The van der Waals surface area contributed by atoms with Crippen molar-refractivity contribution in [1.82, 2.24) is 4.90 Å². The third-order valence-corrected chi connectivity index (χ3v) is 2.05. The molecule has 4 heteroatoms. The van der Waals surface area contributed by atoms with Crippen LogP contribution in [0.25, 0.3) is 0 Å². The van der Waals surface area contributed by atoms with Crippen LogP contribution in [0.15, 0.2) is 18.2 Å². The van der Waals surface area contributed by atoms with Crippen LogP contribution in [0.2, 0.25) is 0 Å². The van der Waals surface area contributed by atoms with Gasteiger partial charge in [-0.25, -0.2) is 4.39 Å². The van der Waals surface area contributed by atoms with Gasteiger partial charge in [-0.05, 0) is 32.3 Å². The van der Waals surface area contributed by atoms with Gasteiger partial charge in [0.25, 0.3) is 0 Å². The van der Waals surface area contributed by atoms with E-state index in [1.807, 2.05) is 19.0 Å². The van der Waals surface area contributed by atoms with E-state index >= 15 is 0 Å². The number of carbonyl (C=O) groups excluding carboxylic acids is 1. The number of rotatable bonds is 4. The Morgan fingerprint density at radius 2 is 2.13 bits per heavy atom. The molecule has 15 heavy (non-hydrogen) atoms. The van der Waals surface area contributed by atoms with Crippen LogP contribution in [0.3, 0.4) is 0 Å². The molecule has 0 radical (unpaired) electrons. The van der Waals surface area contributed by atoms with Crippen LogP contribution in [0.4, 0.5) is 4.39 Å². The van der Waals surface area contributed by atoms with E-state index in [1.165, 1.54) is 6.07 Å². The predicted molar refractivity (Wildman–Crippen MR) is 55.6 cm³/mol. The summed E-state index contributed by atoms with van der Waals surface area (Å²) >= 11 is 0. The molecule has 0 aliphatic heterocycles. The van der Waals surface area contributed by atoms with E-state index in [1.54, 1.807) is 0 Å². The van der Waals surface area contributed by atoms with Crippen molar-refractivity contribution < 1.29 is 14.3 Å². The van der Waals surface area contributed by atoms with E-state index < -0.39 is 5.82 Å². The number of aromatic hydroxyl groups is 1. The summed E-state index contributed by atoms with van der Waals surface area (Å²) in [5.74, 6) is -0.929. The van der Waals surface area contributed by atoms with Crippen LogP contribution in [0, 0.1) is 5.82 Å². The highest BCUT2D eigenvalue weighted by Crippen LogP contribution is 2.19. The zero-order chi connectivity index (χ0) is 11.4. The number of benzene rings is 1.